The van der Waals surface area contributed by atoms with Gasteiger partial charge in [-0.25, -0.2) is 8.42 Å². The Hall–Kier alpha value is -2.45. The predicted molar refractivity (Wildman–Crippen MR) is 102 cm³/mol. The number of pyridine rings is 1. The van der Waals surface area contributed by atoms with Crippen molar-refractivity contribution in [2.75, 3.05) is 24.4 Å². The van der Waals surface area contributed by atoms with Gasteiger partial charge in [-0.15, -0.1) is 0 Å². The highest BCUT2D eigenvalue weighted by atomic mass is 32.2. The zero-order valence-electron chi connectivity index (χ0n) is 15.2. The average Bonchev–Trinajstić information content (AvgIpc) is 2.68. The van der Waals surface area contributed by atoms with Gasteiger partial charge in [-0.05, 0) is 56.2 Å². The van der Waals surface area contributed by atoms with Crippen LogP contribution in [0.25, 0.3) is 0 Å². The SMILES string of the molecule is CCOC1CCCN(C(=O)c2ccc(S(=O)(=O)Nc3ccncc3)cc2)C1. The second kappa shape index (κ2) is 8.49. The van der Waals surface area contributed by atoms with Crippen LogP contribution in [-0.4, -0.2) is 50.0 Å². The van der Waals surface area contributed by atoms with Crippen molar-refractivity contribution in [3.63, 3.8) is 0 Å². The summed E-state index contributed by atoms with van der Waals surface area (Å²) in [7, 11) is -3.72. The van der Waals surface area contributed by atoms with Crippen LogP contribution in [0.15, 0.2) is 53.7 Å². The van der Waals surface area contributed by atoms with Crippen molar-refractivity contribution in [1.29, 1.82) is 0 Å². The fraction of sp³-hybridized carbons (Fsp3) is 0.368. The van der Waals surface area contributed by atoms with Crippen LogP contribution in [0.2, 0.25) is 0 Å². The Balaban J connectivity index is 1.70. The van der Waals surface area contributed by atoms with Crippen LogP contribution in [0.3, 0.4) is 0 Å². The first-order chi connectivity index (χ1) is 13.0. The molecule has 0 radical (unpaired) electrons. The lowest BCUT2D eigenvalue weighted by Crippen LogP contribution is -2.43. The smallest absolute Gasteiger partial charge is 0.261 e. The molecule has 2 heterocycles. The van der Waals surface area contributed by atoms with Crippen LogP contribution in [-0.2, 0) is 14.8 Å². The average molecular weight is 389 g/mol. The van der Waals surface area contributed by atoms with Crippen LogP contribution in [0.1, 0.15) is 30.1 Å². The lowest BCUT2D eigenvalue weighted by Gasteiger charge is -2.32. The molecule has 2 aromatic rings. The number of carbonyl (C=O) groups is 1. The largest absolute Gasteiger partial charge is 0.377 e. The van der Waals surface area contributed by atoms with E-state index < -0.39 is 10.0 Å². The number of rotatable bonds is 6. The van der Waals surface area contributed by atoms with E-state index in [-0.39, 0.29) is 16.9 Å². The Morgan fingerprint density at radius 3 is 2.59 bits per heavy atom. The summed E-state index contributed by atoms with van der Waals surface area (Å²) in [4.78, 5) is 18.4. The minimum atomic E-state index is -3.72. The fourth-order valence-electron chi connectivity index (χ4n) is 3.09. The number of hydrogen-bond donors (Lipinski definition) is 1. The molecule has 1 aromatic carbocycles. The minimum Gasteiger partial charge on any atom is -0.377 e. The van der Waals surface area contributed by atoms with Crippen molar-refractivity contribution in [3.8, 4) is 0 Å². The van der Waals surface area contributed by atoms with E-state index in [9.17, 15) is 13.2 Å². The molecule has 1 amide bonds. The van der Waals surface area contributed by atoms with Crippen LogP contribution >= 0.6 is 0 Å². The van der Waals surface area contributed by atoms with E-state index in [4.69, 9.17) is 4.74 Å². The quantitative estimate of drug-likeness (QED) is 0.820. The van der Waals surface area contributed by atoms with Gasteiger partial charge >= 0.3 is 0 Å². The molecular weight excluding hydrogens is 366 g/mol. The fourth-order valence-corrected chi connectivity index (χ4v) is 4.15. The van der Waals surface area contributed by atoms with Gasteiger partial charge < -0.3 is 9.64 Å². The topological polar surface area (TPSA) is 88.6 Å². The molecule has 0 spiro atoms. The van der Waals surface area contributed by atoms with Gasteiger partial charge in [0.25, 0.3) is 15.9 Å². The molecule has 1 saturated heterocycles. The van der Waals surface area contributed by atoms with E-state index in [1.807, 2.05) is 6.92 Å². The van der Waals surface area contributed by atoms with Crippen molar-refractivity contribution in [2.24, 2.45) is 0 Å². The van der Waals surface area contributed by atoms with Crippen molar-refractivity contribution < 1.29 is 17.9 Å². The van der Waals surface area contributed by atoms with E-state index in [1.54, 1.807) is 29.2 Å². The molecule has 1 aliphatic rings. The van der Waals surface area contributed by atoms with Gasteiger partial charge in [-0.3, -0.25) is 14.5 Å². The number of aromatic nitrogens is 1. The number of nitrogens with one attached hydrogen (secondary N) is 1. The third kappa shape index (κ3) is 4.84. The first-order valence-corrected chi connectivity index (χ1v) is 10.4. The molecule has 1 fully saturated rings. The second-order valence-corrected chi connectivity index (χ2v) is 8.02. The summed E-state index contributed by atoms with van der Waals surface area (Å²) in [5.41, 5.74) is 0.899. The summed E-state index contributed by atoms with van der Waals surface area (Å²) < 4.78 is 33.0. The number of benzene rings is 1. The first-order valence-electron chi connectivity index (χ1n) is 8.93. The maximum atomic E-state index is 12.7. The minimum absolute atomic E-state index is 0.0666. The van der Waals surface area contributed by atoms with Gasteiger partial charge in [0, 0.05) is 37.7 Å². The summed E-state index contributed by atoms with van der Waals surface area (Å²) in [5.74, 6) is -0.106. The normalized spacial score (nSPS) is 17.5. The zero-order valence-corrected chi connectivity index (χ0v) is 16.0. The molecule has 144 valence electrons. The monoisotopic (exact) mass is 389 g/mol. The van der Waals surface area contributed by atoms with E-state index in [0.717, 1.165) is 12.8 Å². The highest BCUT2D eigenvalue weighted by Gasteiger charge is 2.25. The first kappa shape index (κ1) is 19.3. The van der Waals surface area contributed by atoms with Crippen LogP contribution in [0, 0.1) is 0 Å². The van der Waals surface area contributed by atoms with E-state index in [0.29, 0.717) is 30.9 Å². The van der Waals surface area contributed by atoms with E-state index in [1.165, 1.54) is 24.5 Å². The van der Waals surface area contributed by atoms with Crippen molar-refractivity contribution in [1.82, 2.24) is 9.88 Å². The number of anilines is 1. The molecule has 1 aromatic heterocycles. The lowest BCUT2D eigenvalue weighted by molar-refractivity contribution is 0.00724. The Labute approximate surface area is 159 Å². The zero-order chi connectivity index (χ0) is 19.3. The van der Waals surface area contributed by atoms with E-state index >= 15 is 0 Å². The van der Waals surface area contributed by atoms with Crippen LogP contribution < -0.4 is 4.72 Å². The molecule has 8 heteroatoms. The van der Waals surface area contributed by atoms with Crippen LogP contribution in [0.4, 0.5) is 5.69 Å². The summed E-state index contributed by atoms with van der Waals surface area (Å²) in [5, 5.41) is 0. The molecular formula is C19H23N3O4S. The third-order valence-corrected chi connectivity index (χ3v) is 5.81. The number of amides is 1. The molecule has 0 bridgehead atoms. The van der Waals surface area contributed by atoms with Crippen molar-refractivity contribution in [2.45, 2.75) is 30.8 Å². The number of likely N-dealkylation sites (tertiary alicyclic amines) is 1. The number of nitrogens with zero attached hydrogens (tertiary/aromatic N) is 2. The van der Waals surface area contributed by atoms with Gasteiger partial charge in [0.1, 0.15) is 0 Å². The Morgan fingerprint density at radius 2 is 1.93 bits per heavy atom. The number of carbonyl (C=O) groups excluding carboxylic acids is 1. The number of hydrogen-bond acceptors (Lipinski definition) is 5. The van der Waals surface area contributed by atoms with Gasteiger partial charge in [0.05, 0.1) is 16.7 Å². The highest BCUT2D eigenvalue weighted by molar-refractivity contribution is 7.92. The second-order valence-electron chi connectivity index (χ2n) is 6.34. The lowest BCUT2D eigenvalue weighted by atomic mass is 10.1. The highest BCUT2D eigenvalue weighted by Crippen LogP contribution is 2.19. The molecule has 0 aliphatic carbocycles. The third-order valence-electron chi connectivity index (χ3n) is 4.41. The summed E-state index contributed by atoms with van der Waals surface area (Å²) in [6.45, 7) is 3.83. The molecule has 3 rings (SSSR count). The van der Waals surface area contributed by atoms with Gasteiger partial charge in [0.15, 0.2) is 0 Å². The number of ether oxygens (including phenoxy) is 1. The number of piperidine rings is 1. The van der Waals surface area contributed by atoms with Gasteiger partial charge in [0.2, 0.25) is 0 Å². The van der Waals surface area contributed by atoms with Crippen molar-refractivity contribution >= 4 is 21.6 Å². The molecule has 1 unspecified atom stereocenters. The van der Waals surface area contributed by atoms with Crippen molar-refractivity contribution in [3.05, 3.63) is 54.4 Å². The molecule has 1 aliphatic heterocycles. The maximum Gasteiger partial charge on any atom is 0.261 e. The Bertz CT molecular complexity index is 868. The van der Waals surface area contributed by atoms with Gasteiger partial charge in [-0.2, -0.15) is 0 Å². The summed E-state index contributed by atoms with van der Waals surface area (Å²) >= 11 is 0. The standard InChI is InChI=1S/C19H23N3O4S/c1-2-26-17-4-3-13-22(14-17)19(23)15-5-7-18(8-6-15)27(24,25)21-16-9-11-20-12-10-16/h5-12,17H,2-4,13-14H2,1H3,(H,20,21). The summed E-state index contributed by atoms with van der Waals surface area (Å²) in [6.07, 6.45) is 4.94. The van der Waals surface area contributed by atoms with E-state index in [2.05, 4.69) is 9.71 Å². The van der Waals surface area contributed by atoms with Crippen LogP contribution in [0.5, 0.6) is 0 Å². The number of sulfonamides is 1. The molecule has 27 heavy (non-hydrogen) atoms. The molecule has 7 nitrogen and oxygen atoms in total. The Morgan fingerprint density at radius 1 is 1.22 bits per heavy atom. The molecule has 1 atom stereocenters. The predicted octanol–water partition coefficient (Wildman–Crippen LogP) is 2.52. The maximum absolute atomic E-state index is 12.7. The Kier molecular flexibility index (Phi) is 6.08. The molecule has 0 saturated carbocycles. The molecule has 1 N–H and O–H groups in total. The van der Waals surface area contributed by atoms with Gasteiger partial charge in [-0.1, -0.05) is 0 Å². The summed E-state index contributed by atoms with van der Waals surface area (Å²) in [6, 6.07) is 9.13.